The zero-order valence-electron chi connectivity index (χ0n) is 29.5. The standard InChI is InChI=1S/C38H42O14/c1-18-26(50-33(44)22-14-10-8-11-15-22)24-31(48-20(3)39)37(7,47)35(46)38(24,52-21(4)40)29(42)19(2)28-32(49-28)36(5,6)30(43)25(41)27(18)51-34(45)23-16-12-9-13-17-23/h8-17,19,24-28,31-32,35,41,46-47H,1H2,2-7H3/t19-,24-,25+,26?,27-,28-,31+,32+,35-,37-,38+/m0/s1. The normalized spacial score (nSPS) is 35.5. The van der Waals surface area contributed by atoms with Gasteiger partial charge in [-0.05, 0) is 31.2 Å². The number of Topliss-reactive ketones (excluding diaryl/α,β-unsaturated/α-hetero) is 2. The molecule has 0 amide bonds. The zero-order valence-corrected chi connectivity index (χ0v) is 29.5. The second-order valence-corrected chi connectivity index (χ2v) is 14.2. The first-order valence-corrected chi connectivity index (χ1v) is 16.7. The molecule has 0 aromatic heterocycles. The number of carbonyl (C=O) groups excluding carboxylic acids is 6. The first kappa shape index (κ1) is 38.5. The molecule has 1 heterocycles. The topological polar surface area (TPSA) is 213 Å². The number of esters is 4. The molecule has 1 unspecified atom stereocenters. The van der Waals surface area contributed by atoms with Crippen molar-refractivity contribution in [2.75, 3.05) is 0 Å². The number of ketones is 2. The number of hydrogen-bond donors (Lipinski definition) is 3. The van der Waals surface area contributed by atoms with E-state index in [0.29, 0.717) is 0 Å². The minimum absolute atomic E-state index is 0.000907. The second-order valence-electron chi connectivity index (χ2n) is 14.2. The van der Waals surface area contributed by atoms with E-state index >= 15 is 0 Å². The van der Waals surface area contributed by atoms with Crippen LogP contribution in [0.3, 0.4) is 0 Å². The average Bonchev–Trinajstić information content (AvgIpc) is 3.90. The molecule has 0 radical (unpaired) electrons. The molecule has 0 spiro atoms. The van der Waals surface area contributed by atoms with Crippen molar-refractivity contribution in [2.45, 2.75) is 95.5 Å². The number of hydrogen-bond acceptors (Lipinski definition) is 14. The van der Waals surface area contributed by atoms with Crippen molar-refractivity contribution in [1.29, 1.82) is 0 Å². The van der Waals surface area contributed by atoms with E-state index in [1.807, 2.05) is 0 Å². The van der Waals surface area contributed by atoms with Gasteiger partial charge in [0, 0.05) is 25.3 Å². The van der Waals surface area contributed by atoms with E-state index in [4.69, 9.17) is 23.7 Å². The van der Waals surface area contributed by atoms with E-state index in [1.54, 1.807) is 12.1 Å². The van der Waals surface area contributed by atoms with Gasteiger partial charge >= 0.3 is 23.9 Å². The molecular formula is C38H42O14. The summed E-state index contributed by atoms with van der Waals surface area (Å²) in [7, 11) is 0. The summed E-state index contributed by atoms with van der Waals surface area (Å²) >= 11 is 0. The number of benzene rings is 2. The van der Waals surface area contributed by atoms with Gasteiger partial charge in [0.1, 0.15) is 23.9 Å². The summed E-state index contributed by atoms with van der Waals surface area (Å²) in [5.74, 6) is -9.48. The number of aliphatic hydroxyl groups excluding tert-OH is 2. The Morgan fingerprint density at radius 3 is 1.75 bits per heavy atom. The number of epoxide rings is 1. The fourth-order valence-corrected chi connectivity index (χ4v) is 7.47. The van der Waals surface area contributed by atoms with Crippen LogP contribution in [0.15, 0.2) is 72.8 Å². The van der Waals surface area contributed by atoms with Gasteiger partial charge < -0.3 is 39.0 Å². The van der Waals surface area contributed by atoms with Crippen LogP contribution in [0.2, 0.25) is 0 Å². The number of carbonyl (C=O) groups is 6. The molecule has 2 saturated carbocycles. The average molecular weight is 723 g/mol. The number of aliphatic hydroxyl groups is 3. The maximum absolute atomic E-state index is 14.9. The van der Waals surface area contributed by atoms with Crippen LogP contribution in [0.1, 0.15) is 62.3 Å². The van der Waals surface area contributed by atoms with E-state index in [0.717, 1.165) is 20.8 Å². The molecule has 0 bridgehead atoms. The summed E-state index contributed by atoms with van der Waals surface area (Å²) in [5.41, 5.74) is -7.57. The molecule has 2 aromatic carbocycles. The van der Waals surface area contributed by atoms with Crippen molar-refractivity contribution < 1.29 is 67.8 Å². The molecule has 14 nitrogen and oxygen atoms in total. The summed E-state index contributed by atoms with van der Waals surface area (Å²) in [6, 6.07) is 15.0. The lowest BCUT2D eigenvalue weighted by Gasteiger charge is -2.43. The predicted octanol–water partition coefficient (Wildman–Crippen LogP) is 1.91. The summed E-state index contributed by atoms with van der Waals surface area (Å²) < 4.78 is 28.9. The highest BCUT2D eigenvalue weighted by molar-refractivity contribution is 5.96. The molecule has 2 aromatic rings. The molecule has 1 saturated heterocycles. The maximum Gasteiger partial charge on any atom is 0.338 e. The van der Waals surface area contributed by atoms with E-state index in [-0.39, 0.29) is 11.1 Å². The maximum atomic E-state index is 14.9. The Bertz CT molecular complexity index is 1770. The van der Waals surface area contributed by atoms with Gasteiger partial charge in [0.15, 0.2) is 23.8 Å². The summed E-state index contributed by atoms with van der Waals surface area (Å²) in [4.78, 5) is 82.1. The number of rotatable bonds is 6. The van der Waals surface area contributed by atoms with Crippen molar-refractivity contribution >= 4 is 35.4 Å². The smallest absolute Gasteiger partial charge is 0.338 e. The highest BCUT2D eigenvalue weighted by atomic mass is 16.6. The lowest BCUT2D eigenvalue weighted by molar-refractivity contribution is -0.196. The van der Waals surface area contributed by atoms with Crippen molar-refractivity contribution in [3.05, 3.63) is 83.9 Å². The van der Waals surface area contributed by atoms with Crippen LogP contribution >= 0.6 is 0 Å². The molecule has 3 N–H and O–H groups in total. The van der Waals surface area contributed by atoms with Gasteiger partial charge in [-0.3, -0.25) is 19.2 Å². The van der Waals surface area contributed by atoms with E-state index < -0.39 is 112 Å². The van der Waals surface area contributed by atoms with Gasteiger partial charge in [-0.2, -0.15) is 0 Å². The van der Waals surface area contributed by atoms with Crippen molar-refractivity contribution in [1.82, 2.24) is 0 Å². The molecule has 1 aliphatic heterocycles. The second kappa shape index (κ2) is 14.0. The molecule has 52 heavy (non-hydrogen) atoms. The highest BCUT2D eigenvalue weighted by Crippen LogP contribution is 2.55. The predicted molar refractivity (Wildman–Crippen MR) is 178 cm³/mol. The third-order valence-corrected chi connectivity index (χ3v) is 10.2. The molecule has 11 atom stereocenters. The van der Waals surface area contributed by atoms with Crippen LogP contribution in [0.5, 0.6) is 0 Å². The van der Waals surface area contributed by atoms with Crippen LogP contribution in [-0.4, -0.2) is 105 Å². The van der Waals surface area contributed by atoms with E-state index in [9.17, 15) is 44.1 Å². The van der Waals surface area contributed by atoms with Gasteiger partial charge in [-0.15, -0.1) is 0 Å². The van der Waals surface area contributed by atoms with Crippen LogP contribution in [0.25, 0.3) is 0 Å². The van der Waals surface area contributed by atoms with Gasteiger partial charge in [-0.1, -0.05) is 63.7 Å². The quantitative estimate of drug-likeness (QED) is 0.168. The molecule has 3 aliphatic rings. The molecule has 278 valence electrons. The van der Waals surface area contributed by atoms with Crippen molar-refractivity contribution in [3.63, 3.8) is 0 Å². The van der Waals surface area contributed by atoms with Gasteiger partial charge in [-0.25, -0.2) is 9.59 Å². The summed E-state index contributed by atoms with van der Waals surface area (Å²) in [5, 5.41) is 35.8. The Kier molecular flexibility index (Phi) is 10.4. The Balaban J connectivity index is 1.82. The Hall–Kier alpha value is -4.76. The largest absolute Gasteiger partial charge is 0.459 e. The number of ether oxygens (including phenoxy) is 5. The van der Waals surface area contributed by atoms with Crippen LogP contribution in [-0.2, 0) is 42.9 Å². The minimum atomic E-state index is -2.86. The van der Waals surface area contributed by atoms with Crippen molar-refractivity contribution in [2.24, 2.45) is 17.3 Å². The fraction of sp³-hybridized carbons (Fsp3) is 0.474. The molecule has 14 heteroatoms. The highest BCUT2D eigenvalue weighted by Gasteiger charge is 2.77. The van der Waals surface area contributed by atoms with Crippen LogP contribution in [0, 0.1) is 17.3 Å². The number of fused-ring (bicyclic) bond motifs is 2. The molecule has 2 aliphatic carbocycles. The van der Waals surface area contributed by atoms with Gasteiger partial charge in [0.05, 0.1) is 34.7 Å². The molecule has 3 fully saturated rings. The monoisotopic (exact) mass is 722 g/mol. The van der Waals surface area contributed by atoms with Crippen molar-refractivity contribution in [3.8, 4) is 0 Å². The van der Waals surface area contributed by atoms with Crippen LogP contribution in [0.4, 0.5) is 0 Å². The van der Waals surface area contributed by atoms with Crippen LogP contribution < -0.4 is 0 Å². The SMILES string of the molecule is C=C1C(OC(=O)c2ccccc2)[C@H]2[C@@H](OC(C)=O)[C@](C)(O)[C@H](O)[C@]2(OC(C)=O)C(=O)[C@@H](C)[C@@H]2O[C@H]2C(C)(C)C(=O)[C@H](O)[C@H]1OC(=O)c1ccccc1. The third kappa shape index (κ3) is 6.55. The first-order chi connectivity index (χ1) is 24.3. The lowest BCUT2D eigenvalue weighted by atomic mass is 9.70. The van der Waals surface area contributed by atoms with E-state index in [2.05, 4.69) is 6.58 Å². The summed E-state index contributed by atoms with van der Waals surface area (Å²) in [6.45, 7) is 11.3. The Morgan fingerprint density at radius 2 is 1.27 bits per heavy atom. The molecule has 5 rings (SSSR count). The third-order valence-electron chi connectivity index (χ3n) is 10.2. The minimum Gasteiger partial charge on any atom is -0.459 e. The van der Waals surface area contributed by atoms with E-state index in [1.165, 1.54) is 69.3 Å². The van der Waals surface area contributed by atoms with Gasteiger partial charge in [0.25, 0.3) is 0 Å². The zero-order chi connectivity index (χ0) is 38.5. The first-order valence-electron chi connectivity index (χ1n) is 16.7. The molecular weight excluding hydrogens is 680 g/mol. The van der Waals surface area contributed by atoms with Gasteiger partial charge in [0.2, 0.25) is 5.60 Å². The lowest BCUT2D eigenvalue weighted by Crippen LogP contribution is -2.63. The fourth-order valence-electron chi connectivity index (χ4n) is 7.47. The Labute approximate surface area is 299 Å². The Morgan fingerprint density at radius 1 is 0.769 bits per heavy atom. The summed E-state index contributed by atoms with van der Waals surface area (Å²) in [6.07, 6.45) is -12.7.